The van der Waals surface area contributed by atoms with Crippen LogP contribution in [-0.4, -0.2) is 16.5 Å². The van der Waals surface area contributed by atoms with Crippen molar-refractivity contribution in [2.45, 2.75) is 33.6 Å². The number of halogens is 1. The van der Waals surface area contributed by atoms with Crippen molar-refractivity contribution in [2.75, 3.05) is 6.54 Å². The van der Waals surface area contributed by atoms with Crippen molar-refractivity contribution in [2.24, 2.45) is 5.73 Å². The van der Waals surface area contributed by atoms with Crippen molar-refractivity contribution < 1.29 is 0 Å². The van der Waals surface area contributed by atoms with Gasteiger partial charge in [-0.3, -0.25) is 0 Å². The topological polar surface area (TPSA) is 54.7 Å². The first kappa shape index (κ1) is 14.3. The molecule has 0 aliphatic rings. The van der Waals surface area contributed by atoms with E-state index in [1.54, 1.807) is 6.20 Å². The summed E-state index contributed by atoms with van der Waals surface area (Å²) in [6.45, 7) is 9.17. The van der Waals surface area contributed by atoms with Crippen LogP contribution in [0.4, 0.5) is 0 Å². The van der Waals surface area contributed by atoms with Gasteiger partial charge in [0, 0.05) is 6.54 Å². The van der Waals surface area contributed by atoms with Gasteiger partial charge in [0.15, 0.2) is 0 Å². The number of hydrogen-bond acceptors (Lipinski definition) is 2. The molecule has 0 amide bonds. The van der Waals surface area contributed by atoms with Crippen molar-refractivity contribution in [1.29, 1.82) is 0 Å². The van der Waals surface area contributed by atoms with Crippen LogP contribution in [0.25, 0.3) is 0 Å². The summed E-state index contributed by atoms with van der Waals surface area (Å²) in [5, 5.41) is 0. The molecule has 1 heterocycles. The second kappa shape index (κ2) is 5.47. The number of H-pyrrole nitrogens is 1. The molecule has 0 saturated heterocycles. The summed E-state index contributed by atoms with van der Waals surface area (Å²) in [5.41, 5.74) is 12.6. The SMILES string of the molecule is Cc1cc(C)c(C)c(C(CN)c2ncc(Br)[nH]2)c1C. The fraction of sp³-hybridized carbons (Fsp3) is 0.400. The van der Waals surface area contributed by atoms with Crippen LogP contribution in [0.15, 0.2) is 16.9 Å². The maximum Gasteiger partial charge on any atom is 0.115 e. The van der Waals surface area contributed by atoms with Crippen molar-refractivity contribution in [3.05, 3.63) is 50.5 Å². The minimum absolute atomic E-state index is 0.116. The maximum absolute atomic E-state index is 6.01. The van der Waals surface area contributed by atoms with E-state index in [1.165, 1.54) is 27.8 Å². The van der Waals surface area contributed by atoms with Crippen LogP contribution in [-0.2, 0) is 0 Å². The summed E-state index contributed by atoms with van der Waals surface area (Å²) < 4.78 is 0.889. The van der Waals surface area contributed by atoms with Gasteiger partial charge in [-0.15, -0.1) is 0 Å². The van der Waals surface area contributed by atoms with Crippen molar-refractivity contribution in [1.82, 2.24) is 9.97 Å². The zero-order chi connectivity index (χ0) is 14.2. The van der Waals surface area contributed by atoms with Gasteiger partial charge in [0.25, 0.3) is 0 Å². The van der Waals surface area contributed by atoms with E-state index < -0.39 is 0 Å². The highest BCUT2D eigenvalue weighted by atomic mass is 79.9. The van der Waals surface area contributed by atoms with Crippen molar-refractivity contribution in [3.8, 4) is 0 Å². The van der Waals surface area contributed by atoms with E-state index >= 15 is 0 Å². The number of nitrogens with one attached hydrogen (secondary N) is 1. The Kier molecular flexibility index (Phi) is 4.11. The molecule has 19 heavy (non-hydrogen) atoms. The second-order valence-electron chi connectivity index (χ2n) is 5.08. The number of hydrogen-bond donors (Lipinski definition) is 2. The first-order valence-electron chi connectivity index (χ1n) is 6.43. The molecule has 0 radical (unpaired) electrons. The molecule has 1 atom stereocenters. The van der Waals surface area contributed by atoms with Gasteiger partial charge in [0.05, 0.1) is 12.1 Å². The van der Waals surface area contributed by atoms with Crippen molar-refractivity contribution >= 4 is 15.9 Å². The number of nitrogens with zero attached hydrogens (tertiary/aromatic N) is 1. The second-order valence-corrected chi connectivity index (χ2v) is 5.93. The van der Waals surface area contributed by atoms with Gasteiger partial charge in [0.2, 0.25) is 0 Å². The van der Waals surface area contributed by atoms with E-state index in [-0.39, 0.29) is 5.92 Å². The van der Waals surface area contributed by atoms with Crippen LogP contribution in [0.1, 0.15) is 39.6 Å². The average Bonchev–Trinajstić information content (AvgIpc) is 2.78. The molecular formula is C15H20BrN3. The van der Waals surface area contributed by atoms with Gasteiger partial charge in [-0.2, -0.15) is 0 Å². The maximum atomic E-state index is 6.01. The summed E-state index contributed by atoms with van der Waals surface area (Å²) in [5.74, 6) is 1.04. The highest BCUT2D eigenvalue weighted by Crippen LogP contribution is 2.31. The number of rotatable bonds is 3. The lowest BCUT2D eigenvalue weighted by molar-refractivity contribution is 0.750. The molecule has 102 valence electrons. The molecule has 3 N–H and O–H groups in total. The summed E-state index contributed by atoms with van der Waals surface area (Å²) in [6.07, 6.45) is 1.78. The van der Waals surface area contributed by atoms with Crippen LogP contribution >= 0.6 is 15.9 Å². The van der Waals surface area contributed by atoms with Crippen molar-refractivity contribution in [3.63, 3.8) is 0 Å². The van der Waals surface area contributed by atoms with E-state index in [1.807, 2.05) is 0 Å². The number of nitrogens with two attached hydrogens (primary N) is 1. The molecule has 1 aromatic carbocycles. The molecule has 0 bridgehead atoms. The van der Waals surface area contributed by atoms with Gasteiger partial charge in [-0.1, -0.05) is 6.07 Å². The molecular weight excluding hydrogens is 302 g/mol. The largest absolute Gasteiger partial charge is 0.336 e. The van der Waals surface area contributed by atoms with Crippen LogP contribution in [0.2, 0.25) is 0 Å². The van der Waals surface area contributed by atoms with E-state index in [4.69, 9.17) is 5.73 Å². The van der Waals surface area contributed by atoms with E-state index in [0.29, 0.717) is 6.54 Å². The predicted molar refractivity (Wildman–Crippen MR) is 82.6 cm³/mol. The van der Waals surface area contributed by atoms with E-state index in [2.05, 4.69) is 59.7 Å². The quantitative estimate of drug-likeness (QED) is 0.909. The highest BCUT2D eigenvalue weighted by molar-refractivity contribution is 9.10. The number of aromatic amines is 1. The average molecular weight is 322 g/mol. The van der Waals surface area contributed by atoms with Gasteiger partial charge in [-0.05, 0) is 71.4 Å². The number of aromatic nitrogens is 2. The Morgan fingerprint density at radius 1 is 1.21 bits per heavy atom. The molecule has 3 nitrogen and oxygen atoms in total. The zero-order valence-electron chi connectivity index (χ0n) is 11.8. The molecule has 2 aromatic rings. The fourth-order valence-electron chi connectivity index (χ4n) is 2.63. The summed E-state index contributed by atoms with van der Waals surface area (Å²) in [7, 11) is 0. The number of imidazole rings is 1. The third-order valence-corrected chi connectivity index (χ3v) is 4.31. The van der Waals surface area contributed by atoms with Gasteiger partial charge in [-0.25, -0.2) is 4.98 Å². The Hall–Kier alpha value is -1.13. The van der Waals surface area contributed by atoms with E-state index in [0.717, 1.165) is 10.4 Å². The molecule has 2 rings (SSSR count). The summed E-state index contributed by atoms with van der Waals surface area (Å²) >= 11 is 3.41. The molecule has 0 saturated carbocycles. The molecule has 4 heteroatoms. The molecule has 1 aromatic heterocycles. The third-order valence-electron chi connectivity index (χ3n) is 3.90. The van der Waals surface area contributed by atoms with Gasteiger partial charge >= 0.3 is 0 Å². The van der Waals surface area contributed by atoms with Crippen LogP contribution < -0.4 is 5.73 Å². The monoisotopic (exact) mass is 321 g/mol. The standard InChI is InChI=1S/C15H20BrN3/c1-8-5-9(2)11(4)14(10(8)3)12(6-17)15-18-7-13(16)19-15/h5,7,12H,6,17H2,1-4H3,(H,18,19). The molecule has 1 unspecified atom stereocenters. The minimum atomic E-state index is 0.116. The van der Waals surface area contributed by atoms with Crippen LogP contribution in [0.5, 0.6) is 0 Å². The first-order chi connectivity index (χ1) is 8.95. The minimum Gasteiger partial charge on any atom is -0.336 e. The lowest BCUT2D eigenvalue weighted by atomic mass is 9.85. The Morgan fingerprint density at radius 2 is 1.79 bits per heavy atom. The van der Waals surface area contributed by atoms with Crippen LogP contribution in [0.3, 0.4) is 0 Å². The van der Waals surface area contributed by atoms with Gasteiger partial charge in [0.1, 0.15) is 10.4 Å². The lowest BCUT2D eigenvalue weighted by Gasteiger charge is -2.21. The Bertz CT molecular complexity index is 575. The molecule has 0 aliphatic carbocycles. The highest BCUT2D eigenvalue weighted by Gasteiger charge is 2.21. The fourth-order valence-corrected chi connectivity index (χ4v) is 2.93. The van der Waals surface area contributed by atoms with E-state index in [9.17, 15) is 0 Å². The Balaban J connectivity index is 2.61. The summed E-state index contributed by atoms with van der Waals surface area (Å²) in [6, 6.07) is 2.24. The number of aryl methyl sites for hydroxylation is 2. The normalized spacial score (nSPS) is 12.7. The van der Waals surface area contributed by atoms with Crippen LogP contribution in [0, 0.1) is 27.7 Å². The first-order valence-corrected chi connectivity index (χ1v) is 7.22. The molecule has 0 aliphatic heterocycles. The zero-order valence-corrected chi connectivity index (χ0v) is 13.4. The Morgan fingerprint density at radius 3 is 2.21 bits per heavy atom. The predicted octanol–water partition coefficient (Wildman–Crippen LogP) is 3.50. The smallest absolute Gasteiger partial charge is 0.115 e. The molecule has 0 fully saturated rings. The molecule has 0 spiro atoms. The summed E-state index contributed by atoms with van der Waals surface area (Å²) in [4.78, 5) is 7.67. The Labute approximate surface area is 122 Å². The lowest BCUT2D eigenvalue weighted by Crippen LogP contribution is -2.18. The third kappa shape index (κ3) is 2.60. The van der Waals surface area contributed by atoms with Gasteiger partial charge < -0.3 is 10.7 Å². The number of benzene rings is 1.